The number of nitrogens with zero attached hydrogens (tertiary/aromatic N) is 2. The van der Waals surface area contributed by atoms with Gasteiger partial charge in [-0.2, -0.15) is 0 Å². The lowest BCUT2D eigenvalue weighted by molar-refractivity contribution is -0.120. The quantitative estimate of drug-likeness (QED) is 0.427. The Balaban J connectivity index is 1.75. The third-order valence-electron chi connectivity index (χ3n) is 3.53. The molecular formula is C17H12Br2ClN3O3. The third kappa shape index (κ3) is 4.08. The number of nitrogens with one attached hydrogen (secondary N) is 1. The van der Waals surface area contributed by atoms with Crippen molar-refractivity contribution in [1.82, 2.24) is 4.98 Å². The van der Waals surface area contributed by atoms with E-state index in [4.69, 9.17) is 16.3 Å². The molecule has 1 aromatic heterocycles. The van der Waals surface area contributed by atoms with Crippen molar-refractivity contribution in [2.24, 2.45) is 10.2 Å². The van der Waals surface area contributed by atoms with Crippen LogP contribution >= 0.6 is 43.5 Å². The minimum atomic E-state index is -0.583. The van der Waals surface area contributed by atoms with E-state index in [2.05, 4.69) is 47.1 Å². The number of carbonyl (C=O) groups is 1. The number of hydrogen-bond donors (Lipinski definition) is 2. The first-order chi connectivity index (χ1) is 12.3. The lowest BCUT2D eigenvalue weighted by atomic mass is 10.2. The number of fused-ring (bicyclic) bond motifs is 1. The summed E-state index contributed by atoms with van der Waals surface area (Å²) in [5, 5.41) is 18.8. The molecule has 0 saturated carbocycles. The summed E-state index contributed by atoms with van der Waals surface area (Å²) >= 11 is 12.7. The van der Waals surface area contributed by atoms with Crippen LogP contribution in [0.4, 0.5) is 5.69 Å². The van der Waals surface area contributed by atoms with Gasteiger partial charge in [-0.05, 0) is 58.7 Å². The van der Waals surface area contributed by atoms with Gasteiger partial charge in [0.15, 0.2) is 12.3 Å². The summed E-state index contributed by atoms with van der Waals surface area (Å²) < 4.78 is 6.92. The zero-order valence-corrected chi connectivity index (χ0v) is 17.3. The summed E-state index contributed by atoms with van der Waals surface area (Å²) in [7, 11) is 0. The maximum atomic E-state index is 11.9. The Labute approximate surface area is 170 Å². The standard InChI is InChI=1S/C17H12Br2ClN3O3/c1-8-4-10(2-3-13(8)20)26-7-14(24)22-23-16-11-5-9(18)6-12(19)15(11)21-17(16)25/h2-6,21,25H,7H2,1H3. The minimum absolute atomic E-state index is 0.176. The fourth-order valence-corrected chi connectivity index (χ4v) is 3.72. The van der Waals surface area contributed by atoms with Gasteiger partial charge in [-0.1, -0.05) is 27.5 Å². The first-order valence-electron chi connectivity index (χ1n) is 7.38. The summed E-state index contributed by atoms with van der Waals surface area (Å²) in [6.45, 7) is 1.56. The van der Waals surface area contributed by atoms with Crippen LogP contribution < -0.4 is 4.74 Å². The van der Waals surface area contributed by atoms with Crippen molar-refractivity contribution in [3.63, 3.8) is 0 Å². The highest BCUT2D eigenvalue weighted by Crippen LogP contribution is 2.40. The number of aryl methyl sites for hydroxylation is 1. The molecule has 0 aliphatic rings. The van der Waals surface area contributed by atoms with Gasteiger partial charge in [-0.25, -0.2) is 0 Å². The number of ether oxygens (including phenoxy) is 1. The van der Waals surface area contributed by atoms with Crippen molar-refractivity contribution < 1.29 is 14.6 Å². The fourth-order valence-electron chi connectivity index (χ4n) is 2.28. The van der Waals surface area contributed by atoms with Crippen molar-refractivity contribution in [3.05, 3.63) is 49.9 Å². The molecule has 0 spiro atoms. The molecule has 0 aliphatic carbocycles. The number of aromatic hydroxyl groups is 1. The van der Waals surface area contributed by atoms with Gasteiger partial charge < -0.3 is 14.8 Å². The highest BCUT2D eigenvalue weighted by atomic mass is 79.9. The highest BCUT2D eigenvalue weighted by Gasteiger charge is 2.14. The van der Waals surface area contributed by atoms with E-state index in [9.17, 15) is 9.90 Å². The van der Waals surface area contributed by atoms with Crippen LogP contribution in [-0.4, -0.2) is 22.6 Å². The second kappa shape index (κ2) is 7.77. The maximum Gasteiger partial charge on any atom is 0.302 e. The summed E-state index contributed by atoms with van der Waals surface area (Å²) in [4.78, 5) is 14.7. The second-order valence-electron chi connectivity index (χ2n) is 5.43. The molecule has 0 bridgehead atoms. The molecule has 1 amide bonds. The van der Waals surface area contributed by atoms with Gasteiger partial charge in [-0.15, -0.1) is 10.2 Å². The molecule has 134 valence electrons. The first kappa shape index (κ1) is 18.9. The van der Waals surface area contributed by atoms with Crippen molar-refractivity contribution in [1.29, 1.82) is 0 Å². The average Bonchev–Trinajstić information content (AvgIpc) is 2.90. The number of azo groups is 1. The van der Waals surface area contributed by atoms with Crippen LogP contribution in [0, 0.1) is 6.92 Å². The summed E-state index contributed by atoms with van der Waals surface area (Å²) in [5.74, 6) is -0.247. The van der Waals surface area contributed by atoms with Crippen molar-refractivity contribution in [2.75, 3.05) is 6.61 Å². The van der Waals surface area contributed by atoms with E-state index in [-0.39, 0.29) is 18.2 Å². The van der Waals surface area contributed by atoms with E-state index in [1.807, 2.05) is 13.0 Å². The Morgan fingerprint density at radius 2 is 2.08 bits per heavy atom. The number of hydrogen-bond acceptors (Lipinski definition) is 4. The predicted molar refractivity (Wildman–Crippen MR) is 107 cm³/mol. The van der Waals surface area contributed by atoms with E-state index in [1.54, 1.807) is 24.3 Å². The van der Waals surface area contributed by atoms with Crippen LogP contribution in [0.15, 0.2) is 49.5 Å². The van der Waals surface area contributed by atoms with E-state index < -0.39 is 5.91 Å². The van der Waals surface area contributed by atoms with Gasteiger partial charge in [0, 0.05) is 19.4 Å². The van der Waals surface area contributed by atoms with Gasteiger partial charge in [0.2, 0.25) is 5.88 Å². The van der Waals surface area contributed by atoms with Crippen LogP contribution in [-0.2, 0) is 4.79 Å². The van der Waals surface area contributed by atoms with Gasteiger partial charge in [-0.3, -0.25) is 4.79 Å². The topological polar surface area (TPSA) is 87.0 Å². The van der Waals surface area contributed by atoms with Gasteiger partial charge in [0.25, 0.3) is 0 Å². The Morgan fingerprint density at radius 3 is 2.81 bits per heavy atom. The molecule has 2 N–H and O–H groups in total. The SMILES string of the molecule is Cc1cc(OCC(=O)N=Nc2c(O)[nH]c3c(Br)cc(Br)cc23)ccc1Cl. The number of aromatic nitrogens is 1. The monoisotopic (exact) mass is 499 g/mol. The Morgan fingerprint density at radius 1 is 1.31 bits per heavy atom. The fraction of sp³-hybridized carbons (Fsp3) is 0.118. The molecule has 0 fully saturated rings. The van der Waals surface area contributed by atoms with E-state index >= 15 is 0 Å². The summed E-state index contributed by atoms with van der Waals surface area (Å²) in [6, 6.07) is 8.68. The Bertz CT molecular complexity index is 1030. The van der Waals surface area contributed by atoms with Crippen molar-refractivity contribution >= 4 is 66.0 Å². The van der Waals surface area contributed by atoms with Crippen LogP contribution in [0.2, 0.25) is 5.02 Å². The molecule has 0 atom stereocenters. The van der Waals surface area contributed by atoms with Crippen LogP contribution in [0.5, 0.6) is 11.6 Å². The molecule has 9 heteroatoms. The molecular weight excluding hydrogens is 489 g/mol. The summed E-state index contributed by atoms with van der Waals surface area (Å²) in [5.41, 5.74) is 1.68. The summed E-state index contributed by atoms with van der Waals surface area (Å²) in [6.07, 6.45) is 0. The zero-order valence-electron chi connectivity index (χ0n) is 13.4. The lowest BCUT2D eigenvalue weighted by Crippen LogP contribution is -2.07. The molecule has 2 aromatic carbocycles. The number of H-pyrrole nitrogens is 1. The molecule has 1 heterocycles. The predicted octanol–water partition coefficient (Wildman–Crippen LogP) is 6.05. The van der Waals surface area contributed by atoms with E-state index in [0.717, 1.165) is 14.5 Å². The van der Waals surface area contributed by atoms with Crippen LogP contribution in [0.25, 0.3) is 10.9 Å². The first-order valence-corrected chi connectivity index (χ1v) is 9.34. The molecule has 26 heavy (non-hydrogen) atoms. The highest BCUT2D eigenvalue weighted by molar-refractivity contribution is 9.11. The molecule has 3 aromatic rings. The van der Waals surface area contributed by atoms with Gasteiger partial charge in [0.1, 0.15) is 5.75 Å². The maximum absolute atomic E-state index is 11.9. The number of benzene rings is 2. The third-order valence-corrected chi connectivity index (χ3v) is 5.04. The van der Waals surface area contributed by atoms with Crippen LogP contribution in [0.1, 0.15) is 5.56 Å². The lowest BCUT2D eigenvalue weighted by Gasteiger charge is -2.05. The van der Waals surface area contributed by atoms with Crippen LogP contribution in [0.3, 0.4) is 0 Å². The molecule has 0 saturated heterocycles. The normalized spacial score (nSPS) is 11.4. The molecule has 6 nitrogen and oxygen atoms in total. The molecule has 0 unspecified atom stereocenters. The Kier molecular flexibility index (Phi) is 5.64. The van der Waals surface area contributed by atoms with Crippen molar-refractivity contribution in [2.45, 2.75) is 6.92 Å². The molecule has 3 rings (SSSR count). The number of amides is 1. The number of aromatic amines is 1. The zero-order chi connectivity index (χ0) is 18.8. The van der Waals surface area contributed by atoms with Gasteiger partial charge in [0.05, 0.1) is 5.52 Å². The number of rotatable bonds is 4. The van der Waals surface area contributed by atoms with E-state index in [0.29, 0.717) is 21.7 Å². The molecule has 0 radical (unpaired) electrons. The Hall–Kier alpha value is -1.90. The number of carbonyl (C=O) groups excluding carboxylic acids is 1. The average molecular weight is 502 g/mol. The smallest absolute Gasteiger partial charge is 0.302 e. The van der Waals surface area contributed by atoms with Crippen molar-refractivity contribution in [3.8, 4) is 11.6 Å². The number of halogens is 3. The van der Waals surface area contributed by atoms with E-state index in [1.165, 1.54) is 0 Å². The largest absolute Gasteiger partial charge is 0.493 e. The second-order valence-corrected chi connectivity index (χ2v) is 7.60. The van der Waals surface area contributed by atoms with Gasteiger partial charge >= 0.3 is 5.91 Å². The molecule has 0 aliphatic heterocycles. The minimum Gasteiger partial charge on any atom is -0.493 e.